The van der Waals surface area contributed by atoms with Crippen LogP contribution in [0.1, 0.15) is 16.1 Å². The number of carbonyl (C=O) groups excluding carboxylic acids is 1. The van der Waals surface area contributed by atoms with Crippen molar-refractivity contribution in [2.75, 3.05) is 0 Å². The highest BCUT2D eigenvalue weighted by atomic mass is 16.1. The number of pyridine rings is 2. The minimum atomic E-state index is -0.198. The Hall–Kier alpha value is -3.02. The van der Waals surface area contributed by atoms with Crippen LogP contribution in [0.2, 0.25) is 0 Å². The van der Waals surface area contributed by atoms with Crippen LogP contribution < -0.4 is 5.32 Å². The van der Waals surface area contributed by atoms with Gasteiger partial charge in [0.25, 0.3) is 5.91 Å². The average molecular weight is 293 g/mol. The first kappa shape index (κ1) is 13.9. The van der Waals surface area contributed by atoms with Gasteiger partial charge in [0.1, 0.15) is 5.69 Å². The Morgan fingerprint density at radius 3 is 2.68 bits per heavy atom. The minimum absolute atomic E-state index is 0.198. The van der Waals surface area contributed by atoms with Crippen LogP contribution in [-0.2, 0) is 13.6 Å². The molecule has 0 spiro atoms. The van der Waals surface area contributed by atoms with E-state index in [9.17, 15) is 4.79 Å². The van der Waals surface area contributed by atoms with E-state index in [1.807, 2.05) is 25.2 Å². The minimum Gasteiger partial charge on any atom is -0.347 e. The molecular weight excluding hydrogens is 278 g/mol. The zero-order chi connectivity index (χ0) is 15.4. The van der Waals surface area contributed by atoms with Crippen molar-refractivity contribution in [3.63, 3.8) is 0 Å². The van der Waals surface area contributed by atoms with E-state index in [1.165, 1.54) is 0 Å². The zero-order valence-electron chi connectivity index (χ0n) is 12.1. The molecule has 3 rings (SSSR count). The summed E-state index contributed by atoms with van der Waals surface area (Å²) in [6.07, 6.45) is 5.08. The van der Waals surface area contributed by atoms with Crippen molar-refractivity contribution in [3.8, 4) is 11.4 Å². The first-order chi connectivity index (χ1) is 10.7. The molecule has 0 fully saturated rings. The van der Waals surface area contributed by atoms with Gasteiger partial charge in [-0.3, -0.25) is 19.4 Å². The van der Waals surface area contributed by atoms with E-state index < -0.39 is 0 Å². The van der Waals surface area contributed by atoms with Gasteiger partial charge in [-0.2, -0.15) is 5.10 Å². The van der Waals surface area contributed by atoms with Gasteiger partial charge in [0.05, 0.1) is 11.4 Å². The predicted molar refractivity (Wildman–Crippen MR) is 81.8 cm³/mol. The zero-order valence-corrected chi connectivity index (χ0v) is 12.1. The second-order valence-electron chi connectivity index (χ2n) is 4.79. The molecule has 0 atom stereocenters. The summed E-state index contributed by atoms with van der Waals surface area (Å²) in [5.41, 5.74) is 3.13. The van der Waals surface area contributed by atoms with E-state index >= 15 is 0 Å². The van der Waals surface area contributed by atoms with E-state index in [0.29, 0.717) is 12.2 Å². The molecular formula is C16H15N5O. The number of hydrogen-bond acceptors (Lipinski definition) is 4. The Morgan fingerprint density at radius 2 is 2.05 bits per heavy atom. The molecule has 0 aromatic carbocycles. The number of aromatic nitrogens is 4. The lowest BCUT2D eigenvalue weighted by molar-refractivity contribution is 0.0946. The number of carbonyl (C=O) groups is 1. The van der Waals surface area contributed by atoms with Gasteiger partial charge in [0.2, 0.25) is 0 Å². The van der Waals surface area contributed by atoms with Gasteiger partial charge in [0.15, 0.2) is 0 Å². The topological polar surface area (TPSA) is 72.7 Å². The van der Waals surface area contributed by atoms with Crippen molar-refractivity contribution in [1.29, 1.82) is 0 Å². The highest BCUT2D eigenvalue weighted by Gasteiger charge is 2.07. The van der Waals surface area contributed by atoms with Crippen LogP contribution in [0.5, 0.6) is 0 Å². The maximum absolute atomic E-state index is 11.9. The molecule has 0 saturated heterocycles. The van der Waals surface area contributed by atoms with E-state index in [2.05, 4.69) is 20.4 Å². The van der Waals surface area contributed by atoms with Crippen molar-refractivity contribution in [2.24, 2.45) is 7.05 Å². The van der Waals surface area contributed by atoms with Gasteiger partial charge in [-0.1, -0.05) is 12.1 Å². The molecule has 3 aromatic heterocycles. The van der Waals surface area contributed by atoms with Crippen molar-refractivity contribution in [3.05, 3.63) is 66.2 Å². The third-order valence-corrected chi connectivity index (χ3v) is 3.26. The summed E-state index contributed by atoms with van der Waals surface area (Å²) in [5, 5.41) is 6.94. The standard InChI is InChI=1S/C16H15N5O/c1-21-15(7-9-20-21)13-6-5-12(10-18-13)11-19-16(22)14-4-2-3-8-17-14/h2-10H,11H2,1H3,(H,19,22). The second-order valence-corrected chi connectivity index (χ2v) is 4.79. The molecule has 6 heteroatoms. The van der Waals surface area contributed by atoms with Crippen LogP contribution >= 0.6 is 0 Å². The number of rotatable bonds is 4. The molecule has 1 amide bonds. The fourth-order valence-electron chi connectivity index (χ4n) is 2.08. The van der Waals surface area contributed by atoms with E-state index in [4.69, 9.17) is 0 Å². The molecule has 0 saturated carbocycles. The van der Waals surface area contributed by atoms with E-state index in [1.54, 1.807) is 41.5 Å². The first-order valence-corrected chi connectivity index (χ1v) is 6.86. The summed E-state index contributed by atoms with van der Waals surface area (Å²) in [4.78, 5) is 20.3. The molecule has 1 N–H and O–H groups in total. The maximum Gasteiger partial charge on any atom is 0.270 e. The number of nitrogens with one attached hydrogen (secondary N) is 1. The van der Waals surface area contributed by atoms with Gasteiger partial charge >= 0.3 is 0 Å². The number of aryl methyl sites for hydroxylation is 1. The summed E-state index contributed by atoms with van der Waals surface area (Å²) in [6, 6.07) is 11.0. The average Bonchev–Trinajstić information content (AvgIpc) is 3.00. The fraction of sp³-hybridized carbons (Fsp3) is 0.125. The highest BCUT2D eigenvalue weighted by Crippen LogP contribution is 2.15. The Bertz CT molecular complexity index is 765. The molecule has 0 radical (unpaired) electrons. The Morgan fingerprint density at radius 1 is 1.14 bits per heavy atom. The Balaban J connectivity index is 1.65. The lowest BCUT2D eigenvalue weighted by Gasteiger charge is -2.06. The van der Waals surface area contributed by atoms with Crippen LogP contribution in [0.25, 0.3) is 11.4 Å². The second kappa shape index (κ2) is 6.17. The molecule has 0 unspecified atom stereocenters. The number of amides is 1. The smallest absolute Gasteiger partial charge is 0.270 e. The van der Waals surface area contributed by atoms with Gasteiger partial charge < -0.3 is 5.32 Å². The third-order valence-electron chi connectivity index (χ3n) is 3.26. The molecule has 6 nitrogen and oxygen atoms in total. The molecule has 110 valence electrons. The summed E-state index contributed by atoms with van der Waals surface area (Å²) < 4.78 is 1.77. The number of nitrogens with zero attached hydrogens (tertiary/aromatic N) is 4. The Labute approximate surface area is 127 Å². The summed E-state index contributed by atoms with van der Waals surface area (Å²) in [5.74, 6) is -0.198. The molecule has 22 heavy (non-hydrogen) atoms. The monoisotopic (exact) mass is 293 g/mol. The SMILES string of the molecule is Cn1nccc1-c1ccc(CNC(=O)c2ccccn2)cn1. The maximum atomic E-state index is 11.9. The van der Waals surface area contributed by atoms with Crippen LogP contribution in [0.4, 0.5) is 0 Å². The lowest BCUT2D eigenvalue weighted by atomic mass is 10.2. The van der Waals surface area contributed by atoms with Crippen LogP contribution in [0, 0.1) is 0 Å². The molecule has 0 aliphatic rings. The predicted octanol–water partition coefficient (Wildman–Crippen LogP) is 1.81. The molecule has 0 aliphatic heterocycles. The molecule has 0 aliphatic carbocycles. The first-order valence-electron chi connectivity index (χ1n) is 6.86. The summed E-state index contributed by atoms with van der Waals surface area (Å²) >= 11 is 0. The van der Waals surface area contributed by atoms with Crippen molar-refractivity contribution in [1.82, 2.24) is 25.1 Å². The van der Waals surface area contributed by atoms with Crippen molar-refractivity contribution in [2.45, 2.75) is 6.54 Å². The highest BCUT2D eigenvalue weighted by molar-refractivity contribution is 5.92. The lowest BCUT2D eigenvalue weighted by Crippen LogP contribution is -2.23. The van der Waals surface area contributed by atoms with Crippen LogP contribution in [0.15, 0.2) is 55.0 Å². The van der Waals surface area contributed by atoms with Crippen LogP contribution in [0.3, 0.4) is 0 Å². The summed E-state index contributed by atoms with van der Waals surface area (Å²) in [7, 11) is 1.87. The van der Waals surface area contributed by atoms with Gasteiger partial charge in [-0.25, -0.2) is 0 Å². The largest absolute Gasteiger partial charge is 0.347 e. The molecule has 3 heterocycles. The Kier molecular flexibility index (Phi) is 3.91. The van der Waals surface area contributed by atoms with Gasteiger partial charge in [-0.05, 0) is 29.8 Å². The third kappa shape index (κ3) is 3.01. The quantitative estimate of drug-likeness (QED) is 0.796. The van der Waals surface area contributed by atoms with E-state index in [0.717, 1.165) is 17.0 Å². The summed E-state index contributed by atoms with van der Waals surface area (Å²) in [6.45, 7) is 0.411. The fourth-order valence-corrected chi connectivity index (χ4v) is 2.08. The molecule has 0 bridgehead atoms. The normalized spacial score (nSPS) is 10.4. The number of hydrogen-bond donors (Lipinski definition) is 1. The van der Waals surface area contributed by atoms with Crippen LogP contribution in [-0.4, -0.2) is 25.7 Å². The van der Waals surface area contributed by atoms with Crippen molar-refractivity contribution < 1.29 is 4.79 Å². The van der Waals surface area contributed by atoms with Crippen molar-refractivity contribution >= 4 is 5.91 Å². The van der Waals surface area contributed by atoms with Gasteiger partial charge in [-0.15, -0.1) is 0 Å². The van der Waals surface area contributed by atoms with E-state index in [-0.39, 0.29) is 5.91 Å². The molecule has 3 aromatic rings. The van der Waals surface area contributed by atoms with Gasteiger partial charge in [0, 0.05) is 32.2 Å².